The normalized spacial score (nSPS) is 14.1. The van der Waals surface area contributed by atoms with Crippen molar-refractivity contribution in [2.75, 3.05) is 0 Å². The van der Waals surface area contributed by atoms with Crippen molar-refractivity contribution in [3.05, 3.63) is 12.7 Å². The van der Waals surface area contributed by atoms with E-state index in [1.54, 1.807) is 0 Å². The molecular weight excluding hydrogens is 288 g/mol. The van der Waals surface area contributed by atoms with Gasteiger partial charge in [-0.1, -0.05) is 83.1 Å². The predicted molar refractivity (Wildman–Crippen MR) is 98.3 cm³/mol. The number of unbranched alkanes of at least 4 members (excludes halogenated alkanes) is 13. The molecular formula is C20H40O3. The molecule has 138 valence electrons. The van der Waals surface area contributed by atoms with Crippen LogP contribution in [0.3, 0.4) is 0 Å². The molecule has 0 aliphatic heterocycles. The van der Waals surface area contributed by atoms with Crippen molar-refractivity contribution >= 4 is 0 Å². The van der Waals surface area contributed by atoms with Crippen molar-refractivity contribution in [2.24, 2.45) is 0 Å². The second-order valence-electron chi connectivity index (χ2n) is 7.15. The summed E-state index contributed by atoms with van der Waals surface area (Å²) >= 11 is 0. The van der Waals surface area contributed by atoms with Crippen molar-refractivity contribution in [3.63, 3.8) is 0 Å². The van der Waals surface area contributed by atoms with Crippen molar-refractivity contribution in [1.82, 2.24) is 0 Å². The van der Waals surface area contributed by atoms with Crippen LogP contribution in [-0.2, 0) is 0 Å². The molecule has 23 heavy (non-hydrogen) atoms. The first-order valence-corrected chi connectivity index (χ1v) is 9.70. The summed E-state index contributed by atoms with van der Waals surface area (Å²) in [4.78, 5) is 0. The molecule has 0 aliphatic rings. The van der Waals surface area contributed by atoms with Gasteiger partial charge in [-0.3, -0.25) is 0 Å². The lowest BCUT2D eigenvalue weighted by Crippen LogP contribution is -2.38. The Labute approximate surface area is 143 Å². The van der Waals surface area contributed by atoms with E-state index < -0.39 is 11.9 Å². The highest BCUT2D eigenvalue weighted by Gasteiger charge is 2.27. The van der Waals surface area contributed by atoms with Crippen LogP contribution in [-0.4, -0.2) is 27.2 Å². The topological polar surface area (TPSA) is 60.7 Å². The quantitative estimate of drug-likeness (QED) is 0.198. The van der Waals surface area contributed by atoms with Gasteiger partial charge in [0.25, 0.3) is 0 Å². The summed E-state index contributed by atoms with van der Waals surface area (Å²) in [7, 11) is 0. The van der Waals surface area contributed by atoms with Crippen LogP contribution in [0.2, 0.25) is 0 Å². The van der Waals surface area contributed by atoms with E-state index in [9.17, 15) is 5.11 Å². The number of aliphatic hydroxyl groups is 3. The maximum atomic E-state index is 9.69. The second kappa shape index (κ2) is 15.2. The van der Waals surface area contributed by atoms with E-state index >= 15 is 0 Å². The monoisotopic (exact) mass is 328 g/mol. The zero-order valence-electron chi connectivity index (χ0n) is 15.3. The highest BCUT2D eigenvalue weighted by atomic mass is 16.5. The molecule has 3 heteroatoms. The van der Waals surface area contributed by atoms with E-state index in [2.05, 4.69) is 6.58 Å². The van der Waals surface area contributed by atoms with Crippen molar-refractivity contribution in [1.29, 1.82) is 0 Å². The molecule has 0 saturated heterocycles. The number of aliphatic hydroxyl groups excluding tert-OH is 1. The number of allylic oxidation sites excluding steroid dienone is 1. The number of rotatable bonds is 17. The van der Waals surface area contributed by atoms with Gasteiger partial charge in [-0.05, 0) is 26.2 Å². The Bertz CT molecular complexity index is 262. The lowest BCUT2D eigenvalue weighted by molar-refractivity contribution is -0.178. The number of hydrogen-bond donors (Lipinski definition) is 3. The Morgan fingerprint density at radius 1 is 0.739 bits per heavy atom. The first kappa shape index (κ1) is 22.6. The largest absolute Gasteiger partial charge is 0.385 e. The average molecular weight is 329 g/mol. The first-order chi connectivity index (χ1) is 11.0. The lowest BCUT2D eigenvalue weighted by Gasteiger charge is -2.24. The fourth-order valence-electron chi connectivity index (χ4n) is 2.85. The van der Waals surface area contributed by atoms with Crippen LogP contribution >= 0.6 is 0 Å². The molecule has 0 bridgehead atoms. The molecule has 0 aliphatic carbocycles. The molecule has 0 fully saturated rings. The summed E-state index contributed by atoms with van der Waals surface area (Å²) in [6.45, 7) is 5.23. The highest BCUT2D eigenvalue weighted by molar-refractivity contribution is 4.74. The average Bonchev–Trinajstić information content (AvgIpc) is 2.51. The Morgan fingerprint density at radius 3 is 1.43 bits per heavy atom. The van der Waals surface area contributed by atoms with Crippen molar-refractivity contribution < 1.29 is 15.3 Å². The van der Waals surface area contributed by atoms with Gasteiger partial charge in [0, 0.05) is 0 Å². The van der Waals surface area contributed by atoms with E-state index in [4.69, 9.17) is 10.2 Å². The van der Waals surface area contributed by atoms with Crippen LogP contribution in [0.5, 0.6) is 0 Å². The molecule has 0 aromatic heterocycles. The summed E-state index contributed by atoms with van der Waals surface area (Å²) in [5.41, 5.74) is -1.36. The zero-order chi connectivity index (χ0) is 17.4. The third-order valence-corrected chi connectivity index (χ3v) is 4.65. The summed E-state index contributed by atoms with van der Waals surface area (Å²) in [5, 5.41) is 27.7. The standard InChI is InChI=1S/C20H40O3/c1-3-4-5-6-7-8-9-10-11-12-13-14-15-16-17-18-20(2,23)19(21)22/h3,19,21-23H,1,4-18H2,2H3. The molecule has 0 heterocycles. The fourth-order valence-corrected chi connectivity index (χ4v) is 2.85. The molecule has 0 radical (unpaired) electrons. The van der Waals surface area contributed by atoms with E-state index in [-0.39, 0.29) is 0 Å². The molecule has 0 spiro atoms. The van der Waals surface area contributed by atoms with Gasteiger partial charge in [-0.25, -0.2) is 0 Å². The van der Waals surface area contributed by atoms with Gasteiger partial charge < -0.3 is 15.3 Å². The molecule has 0 aromatic rings. The Balaban J connectivity index is 3.15. The summed E-state index contributed by atoms with van der Waals surface area (Å²) in [5.74, 6) is 0. The molecule has 0 saturated carbocycles. The lowest BCUT2D eigenvalue weighted by atomic mass is 9.97. The SMILES string of the molecule is C=CCCCCCCCCCCCCCCCC(C)(O)C(O)O. The number of hydrogen-bond acceptors (Lipinski definition) is 3. The third-order valence-electron chi connectivity index (χ3n) is 4.65. The molecule has 3 nitrogen and oxygen atoms in total. The van der Waals surface area contributed by atoms with Gasteiger partial charge in [0.15, 0.2) is 6.29 Å². The van der Waals surface area contributed by atoms with Crippen molar-refractivity contribution in [2.45, 2.75) is 115 Å². The smallest absolute Gasteiger partial charge is 0.180 e. The summed E-state index contributed by atoms with van der Waals surface area (Å²) in [6, 6.07) is 0. The molecule has 0 amide bonds. The van der Waals surface area contributed by atoms with Crippen LogP contribution in [0, 0.1) is 0 Å². The summed E-state index contributed by atoms with van der Waals surface area (Å²) in [6.07, 6.45) is 18.5. The van der Waals surface area contributed by atoms with Gasteiger partial charge in [-0.15, -0.1) is 6.58 Å². The zero-order valence-corrected chi connectivity index (χ0v) is 15.3. The second-order valence-corrected chi connectivity index (χ2v) is 7.15. The van der Waals surface area contributed by atoms with Gasteiger partial charge in [0.05, 0.1) is 0 Å². The van der Waals surface area contributed by atoms with Crippen LogP contribution < -0.4 is 0 Å². The summed E-state index contributed by atoms with van der Waals surface area (Å²) < 4.78 is 0. The molecule has 1 unspecified atom stereocenters. The van der Waals surface area contributed by atoms with E-state index in [1.807, 2.05) is 6.08 Å². The van der Waals surface area contributed by atoms with Gasteiger partial charge in [0.2, 0.25) is 0 Å². The first-order valence-electron chi connectivity index (χ1n) is 9.70. The Morgan fingerprint density at radius 2 is 1.09 bits per heavy atom. The van der Waals surface area contributed by atoms with Crippen LogP contribution in [0.25, 0.3) is 0 Å². The fraction of sp³-hybridized carbons (Fsp3) is 0.900. The maximum absolute atomic E-state index is 9.69. The molecule has 1 atom stereocenters. The minimum atomic E-state index is -1.63. The molecule has 0 rings (SSSR count). The molecule has 0 aromatic carbocycles. The van der Waals surface area contributed by atoms with E-state index in [1.165, 1.54) is 77.6 Å². The highest BCUT2D eigenvalue weighted by Crippen LogP contribution is 2.19. The Hall–Kier alpha value is -0.380. The minimum Gasteiger partial charge on any atom is -0.385 e. The Kier molecular flexibility index (Phi) is 14.9. The van der Waals surface area contributed by atoms with Crippen LogP contribution in [0.4, 0.5) is 0 Å². The third kappa shape index (κ3) is 14.9. The maximum Gasteiger partial charge on any atom is 0.180 e. The van der Waals surface area contributed by atoms with E-state index in [0.717, 1.165) is 19.3 Å². The van der Waals surface area contributed by atoms with Gasteiger partial charge >= 0.3 is 0 Å². The van der Waals surface area contributed by atoms with E-state index in [0.29, 0.717) is 6.42 Å². The minimum absolute atomic E-state index is 0.456. The molecule has 3 N–H and O–H groups in total. The van der Waals surface area contributed by atoms with Crippen LogP contribution in [0.15, 0.2) is 12.7 Å². The van der Waals surface area contributed by atoms with Crippen LogP contribution in [0.1, 0.15) is 103 Å². The van der Waals surface area contributed by atoms with Crippen molar-refractivity contribution in [3.8, 4) is 0 Å². The van der Waals surface area contributed by atoms with Gasteiger partial charge in [-0.2, -0.15) is 0 Å². The predicted octanol–water partition coefficient (Wildman–Crippen LogP) is 5.09. The van der Waals surface area contributed by atoms with Gasteiger partial charge in [0.1, 0.15) is 5.60 Å².